The molecule has 2 aromatic carbocycles. The van der Waals surface area contributed by atoms with E-state index >= 15 is 0 Å². The highest BCUT2D eigenvalue weighted by molar-refractivity contribution is 9.10. The lowest BCUT2D eigenvalue weighted by molar-refractivity contribution is 0.322. The maximum absolute atomic E-state index is 6.08. The van der Waals surface area contributed by atoms with Crippen LogP contribution in [0.25, 0.3) is 0 Å². The van der Waals surface area contributed by atoms with E-state index in [1.54, 1.807) is 0 Å². The molecule has 4 heteroatoms. The fourth-order valence-corrected chi connectivity index (χ4v) is 3.03. The number of rotatable bonds is 4. The van der Waals surface area contributed by atoms with Gasteiger partial charge in [0.2, 0.25) is 0 Å². The Bertz CT molecular complexity index is 613. The average molecular weight is 347 g/mol. The van der Waals surface area contributed by atoms with Crippen molar-refractivity contribution in [2.45, 2.75) is 12.8 Å². The van der Waals surface area contributed by atoms with Gasteiger partial charge in [-0.3, -0.25) is 0 Å². The number of ether oxygens (including phenoxy) is 1. The van der Waals surface area contributed by atoms with Crippen molar-refractivity contribution >= 4 is 27.3 Å². The molecule has 0 fully saturated rings. The molecule has 0 amide bonds. The van der Waals surface area contributed by atoms with E-state index in [2.05, 4.69) is 26.9 Å². The van der Waals surface area contributed by atoms with Crippen molar-refractivity contribution in [2.24, 2.45) is 0 Å². The highest BCUT2D eigenvalue weighted by Crippen LogP contribution is 2.30. The molecule has 0 radical (unpaired) electrons. The van der Waals surface area contributed by atoms with Gasteiger partial charge >= 0.3 is 0 Å². The molecular formula is C17H19BrN2O. The maximum Gasteiger partial charge on any atom is 0.119 e. The molecule has 1 aliphatic heterocycles. The molecule has 0 saturated heterocycles. The van der Waals surface area contributed by atoms with Crippen LogP contribution in [0.2, 0.25) is 0 Å². The van der Waals surface area contributed by atoms with Gasteiger partial charge in [-0.05, 0) is 54.8 Å². The lowest BCUT2D eigenvalue weighted by atomic mass is 10.00. The summed E-state index contributed by atoms with van der Waals surface area (Å²) in [6.07, 6.45) is 2.23. The monoisotopic (exact) mass is 346 g/mol. The Morgan fingerprint density at radius 2 is 1.95 bits per heavy atom. The van der Waals surface area contributed by atoms with E-state index in [9.17, 15) is 0 Å². The zero-order chi connectivity index (χ0) is 14.7. The second-order valence-electron chi connectivity index (χ2n) is 5.24. The Kier molecular flexibility index (Phi) is 4.34. The predicted octanol–water partition coefficient (Wildman–Crippen LogP) is 3.86. The SMILES string of the molecule is Nc1cccc2c1CCCN2CCOc1ccc(Br)cc1. The first-order valence-electron chi connectivity index (χ1n) is 7.25. The topological polar surface area (TPSA) is 38.5 Å². The number of hydrogen-bond acceptors (Lipinski definition) is 3. The summed E-state index contributed by atoms with van der Waals surface area (Å²) in [6.45, 7) is 2.63. The van der Waals surface area contributed by atoms with E-state index < -0.39 is 0 Å². The zero-order valence-corrected chi connectivity index (χ0v) is 13.5. The van der Waals surface area contributed by atoms with Gasteiger partial charge in [-0.2, -0.15) is 0 Å². The van der Waals surface area contributed by atoms with Gasteiger partial charge in [-0.15, -0.1) is 0 Å². The van der Waals surface area contributed by atoms with Gasteiger partial charge in [0.05, 0.1) is 6.54 Å². The molecule has 110 valence electrons. The lowest BCUT2D eigenvalue weighted by Gasteiger charge is -2.31. The molecule has 1 heterocycles. The molecule has 0 aliphatic carbocycles. The van der Waals surface area contributed by atoms with Crippen LogP contribution < -0.4 is 15.4 Å². The Hall–Kier alpha value is -1.68. The summed E-state index contributed by atoms with van der Waals surface area (Å²) in [5, 5.41) is 0. The molecule has 2 N–H and O–H groups in total. The number of benzene rings is 2. The Morgan fingerprint density at radius 1 is 1.14 bits per heavy atom. The number of fused-ring (bicyclic) bond motifs is 1. The molecular weight excluding hydrogens is 328 g/mol. The summed E-state index contributed by atoms with van der Waals surface area (Å²) in [5.41, 5.74) is 9.53. The van der Waals surface area contributed by atoms with Gasteiger partial charge in [0.1, 0.15) is 12.4 Å². The average Bonchev–Trinajstić information content (AvgIpc) is 2.50. The minimum Gasteiger partial charge on any atom is -0.492 e. The van der Waals surface area contributed by atoms with Crippen molar-refractivity contribution in [2.75, 3.05) is 30.3 Å². The second-order valence-corrected chi connectivity index (χ2v) is 6.15. The Balaban J connectivity index is 1.62. The number of nitrogens with zero attached hydrogens (tertiary/aromatic N) is 1. The highest BCUT2D eigenvalue weighted by Gasteiger charge is 2.18. The molecule has 0 unspecified atom stereocenters. The van der Waals surface area contributed by atoms with E-state index in [-0.39, 0.29) is 0 Å². The van der Waals surface area contributed by atoms with Gasteiger partial charge in [0, 0.05) is 22.4 Å². The van der Waals surface area contributed by atoms with Crippen LogP contribution in [-0.2, 0) is 6.42 Å². The smallest absolute Gasteiger partial charge is 0.119 e. The molecule has 3 nitrogen and oxygen atoms in total. The Morgan fingerprint density at radius 3 is 2.76 bits per heavy atom. The molecule has 0 atom stereocenters. The van der Waals surface area contributed by atoms with Crippen LogP contribution in [0.15, 0.2) is 46.9 Å². The van der Waals surface area contributed by atoms with Crippen molar-refractivity contribution in [1.29, 1.82) is 0 Å². The van der Waals surface area contributed by atoms with Gasteiger partial charge in [0.15, 0.2) is 0 Å². The van der Waals surface area contributed by atoms with Crippen LogP contribution in [0.1, 0.15) is 12.0 Å². The molecule has 0 aromatic heterocycles. The van der Waals surface area contributed by atoms with Crippen LogP contribution in [0.4, 0.5) is 11.4 Å². The van der Waals surface area contributed by atoms with Crippen molar-refractivity contribution in [3.8, 4) is 5.75 Å². The number of nitrogens with two attached hydrogens (primary N) is 1. The van der Waals surface area contributed by atoms with Gasteiger partial charge in [-0.25, -0.2) is 0 Å². The number of halogens is 1. The van der Waals surface area contributed by atoms with Crippen LogP contribution in [0.3, 0.4) is 0 Å². The van der Waals surface area contributed by atoms with Crippen molar-refractivity contribution in [3.63, 3.8) is 0 Å². The van der Waals surface area contributed by atoms with Crippen LogP contribution >= 0.6 is 15.9 Å². The van der Waals surface area contributed by atoms with E-state index in [0.29, 0.717) is 6.61 Å². The first-order chi connectivity index (χ1) is 10.2. The molecule has 21 heavy (non-hydrogen) atoms. The lowest BCUT2D eigenvalue weighted by Crippen LogP contribution is -2.33. The largest absolute Gasteiger partial charge is 0.492 e. The normalized spacial score (nSPS) is 13.9. The molecule has 0 bridgehead atoms. The van der Waals surface area contributed by atoms with Gasteiger partial charge in [0.25, 0.3) is 0 Å². The minimum atomic E-state index is 0.676. The first-order valence-corrected chi connectivity index (χ1v) is 8.04. The van der Waals surface area contributed by atoms with E-state index in [1.165, 1.54) is 11.3 Å². The Labute approximate surface area is 133 Å². The van der Waals surface area contributed by atoms with Crippen molar-refractivity contribution < 1.29 is 4.74 Å². The zero-order valence-electron chi connectivity index (χ0n) is 11.9. The summed E-state index contributed by atoms with van der Waals surface area (Å²) in [7, 11) is 0. The summed E-state index contributed by atoms with van der Waals surface area (Å²) < 4.78 is 6.88. The van der Waals surface area contributed by atoms with Gasteiger partial charge in [-0.1, -0.05) is 22.0 Å². The molecule has 3 rings (SSSR count). The van der Waals surface area contributed by atoms with E-state index in [1.807, 2.05) is 36.4 Å². The third-order valence-corrected chi connectivity index (χ3v) is 4.36. The summed E-state index contributed by atoms with van der Waals surface area (Å²) in [5.74, 6) is 0.906. The predicted molar refractivity (Wildman–Crippen MR) is 91.0 cm³/mol. The van der Waals surface area contributed by atoms with Gasteiger partial charge < -0.3 is 15.4 Å². The van der Waals surface area contributed by atoms with Crippen LogP contribution in [0.5, 0.6) is 5.75 Å². The van der Waals surface area contributed by atoms with Crippen molar-refractivity contribution in [3.05, 3.63) is 52.5 Å². The van der Waals surface area contributed by atoms with E-state index in [4.69, 9.17) is 10.5 Å². The molecule has 0 saturated carbocycles. The quantitative estimate of drug-likeness (QED) is 0.854. The summed E-state index contributed by atoms with van der Waals surface area (Å²) in [4.78, 5) is 2.37. The highest BCUT2D eigenvalue weighted by atomic mass is 79.9. The number of hydrogen-bond donors (Lipinski definition) is 1. The van der Waals surface area contributed by atoms with Crippen LogP contribution in [0, 0.1) is 0 Å². The van der Waals surface area contributed by atoms with E-state index in [0.717, 1.165) is 41.8 Å². The maximum atomic E-state index is 6.08. The summed E-state index contributed by atoms with van der Waals surface area (Å²) in [6, 6.07) is 14.1. The molecule has 0 spiro atoms. The standard InChI is InChI=1S/C17H19BrN2O/c18-13-6-8-14(9-7-13)21-12-11-20-10-2-3-15-16(19)4-1-5-17(15)20/h1,4-9H,2-3,10-12,19H2. The summed E-state index contributed by atoms with van der Waals surface area (Å²) >= 11 is 3.43. The second kappa shape index (κ2) is 6.39. The fraction of sp³-hybridized carbons (Fsp3) is 0.294. The van der Waals surface area contributed by atoms with Crippen LogP contribution in [-0.4, -0.2) is 19.7 Å². The number of anilines is 2. The minimum absolute atomic E-state index is 0.676. The molecule has 1 aliphatic rings. The third-order valence-electron chi connectivity index (χ3n) is 3.83. The number of nitrogen functional groups attached to an aromatic ring is 1. The van der Waals surface area contributed by atoms with Crippen molar-refractivity contribution in [1.82, 2.24) is 0 Å². The molecule has 2 aromatic rings. The third kappa shape index (κ3) is 3.32. The fourth-order valence-electron chi connectivity index (χ4n) is 2.76. The first kappa shape index (κ1) is 14.3.